The molecule has 1 amide bonds. The summed E-state index contributed by atoms with van der Waals surface area (Å²) in [5.41, 5.74) is 2.69. The van der Waals surface area contributed by atoms with E-state index in [2.05, 4.69) is 46.7 Å². The van der Waals surface area contributed by atoms with E-state index in [0.29, 0.717) is 6.04 Å². The smallest absolute Gasteiger partial charge is 0.237 e. The molecule has 1 unspecified atom stereocenters. The molecule has 4 heteroatoms. The Bertz CT molecular complexity index is 480. The lowest BCUT2D eigenvalue weighted by Crippen LogP contribution is -2.48. The van der Waals surface area contributed by atoms with E-state index in [1.165, 1.54) is 11.3 Å². The molecule has 2 aliphatic heterocycles. The molecular weight excluding hydrogens is 250 g/mol. The monoisotopic (exact) mass is 273 g/mol. The molecule has 2 aliphatic rings. The molecule has 2 heterocycles. The van der Waals surface area contributed by atoms with Crippen LogP contribution in [0.3, 0.4) is 0 Å². The SMILES string of the molecule is Cc1ccccc1N1CCC(NC2CCNC2=O)CC1. The number of hydrogen-bond acceptors (Lipinski definition) is 3. The molecule has 2 N–H and O–H groups in total. The van der Waals surface area contributed by atoms with Gasteiger partial charge in [-0.25, -0.2) is 0 Å². The van der Waals surface area contributed by atoms with Crippen LogP contribution in [0.1, 0.15) is 24.8 Å². The van der Waals surface area contributed by atoms with Crippen LogP contribution in [-0.2, 0) is 4.79 Å². The number of rotatable bonds is 3. The van der Waals surface area contributed by atoms with Gasteiger partial charge in [0.2, 0.25) is 5.91 Å². The minimum atomic E-state index is 0.0324. The zero-order valence-corrected chi connectivity index (χ0v) is 12.1. The first kappa shape index (κ1) is 13.4. The van der Waals surface area contributed by atoms with Crippen LogP contribution < -0.4 is 15.5 Å². The van der Waals surface area contributed by atoms with E-state index < -0.39 is 0 Å². The van der Waals surface area contributed by atoms with E-state index in [0.717, 1.165) is 38.9 Å². The normalized spacial score (nSPS) is 23.9. The zero-order valence-electron chi connectivity index (χ0n) is 12.1. The number of piperidine rings is 1. The van der Waals surface area contributed by atoms with Crippen molar-refractivity contribution in [3.63, 3.8) is 0 Å². The average Bonchev–Trinajstić information content (AvgIpc) is 2.86. The number of benzene rings is 1. The number of para-hydroxylation sites is 1. The summed E-state index contributed by atoms with van der Waals surface area (Å²) < 4.78 is 0. The molecule has 0 aromatic heterocycles. The standard InChI is InChI=1S/C16H23N3O/c1-12-4-2-3-5-15(12)19-10-7-13(8-11-19)18-14-6-9-17-16(14)20/h2-5,13-14,18H,6-11H2,1H3,(H,17,20). The van der Waals surface area contributed by atoms with Crippen molar-refractivity contribution in [3.8, 4) is 0 Å². The van der Waals surface area contributed by atoms with Crippen molar-refractivity contribution in [1.29, 1.82) is 0 Å². The first-order valence-electron chi connectivity index (χ1n) is 7.58. The van der Waals surface area contributed by atoms with Crippen LogP contribution in [0.25, 0.3) is 0 Å². The Morgan fingerprint density at radius 3 is 2.60 bits per heavy atom. The van der Waals surface area contributed by atoms with Gasteiger partial charge in [0.15, 0.2) is 0 Å². The van der Waals surface area contributed by atoms with Crippen LogP contribution in [0.5, 0.6) is 0 Å². The molecule has 108 valence electrons. The van der Waals surface area contributed by atoms with Crippen LogP contribution >= 0.6 is 0 Å². The number of aryl methyl sites for hydroxylation is 1. The van der Waals surface area contributed by atoms with Gasteiger partial charge in [-0.15, -0.1) is 0 Å². The van der Waals surface area contributed by atoms with Gasteiger partial charge in [-0.2, -0.15) is 0 Å². The van der Waals surface area contributed by atoms with E-state index >= 15 is 0 Å². The Hall–Kier alpha value is -1.55. The van der Waals surface area contributed by atoms with Gasteiger partial charge in [0, 0.05) is 31.4 Å². The van der Waals surface area contributed by atoms with E-state index in [4.69, 9.17) is 0 Å². The maximum absolute atomic E-state index is 11.6. The molecule has 0 spiro atoms. The summed E-state index contributed by atoms with van der Waals surface area (Å²) in [6, 6.07) is 9.08. The van der Waals surface area contributed by atoms with E-state index in [1.807, 2.05) is 0 Å². The van der Waals surface area contributed by atoms with E-state index in [9.17, 15) is 4.79 Å². The number of hydrogen-bond donors (Lipinski definition) is 2. The summed E-state index contributed by atoms with van der Waals surface area (Å²) in [4.78, 5) is 14.1. The van der Waals surface area contributed by atoms with Gasteiger partial charge in [0.05, 0.1) is 6.04 Å². The Balaban J connectivity index is 1.54. The van der Waals surface area contributed by atoms with Crippen molar-refractivity contribution in [1.82, 2.24) is 10.6 Å². The van der Waals surface area contributed by atoms with Gasteiger partial charge < -0.3 is 15.5 Å². The zero-order chi connectivity index (χ0) is 13.9. The lowest BCUT2D eigenvalue weighted by Gasteiger charge is -2.35. The Labute approximate surface area is 120 Å². The Morgan fingerprint density at radius 1 is 1.20 bits per heavy atom. The Kier molecular flexibility index (Phi) is 3.92. The summed E-state index contributed by atoms with van der Waals surface area (Å²) in [6.45, 7) is 5.12. The summed E-state index contributed by atoms with van der Waals surface area (Å²) >= 11 is 0. The maximum Gasteiger partial charge on any atom is 0.237 e. The largest absolute Gasteiger partial charge is 0.371 e. The molecule has 1 aromatic rings. The molecule has 20 heavy (non-hydrogen) atoms. The highest BCUT2D eigenvalue weighted by atomic mass is 16.2. The number of carbonyl (C=O) groups is 1. The van der Waals surface area contributed by atoms with Crippen LogP contribution in [0, 0.1) is 6.92 Å². The van der Waals surface area contributed by atoms with Gasteiger partial charge in [-0.1, -0.05) is 18.2 Å². The number of anilines is 1. The topological polar surface area (TPSA) is 44.4 Å². The van der Waals surface area contributed by atoms with Crippen molar-refractivity contribution >= 4 is 11.6 Å². The van der Waals surface area contributed by atoms with E-state index in [1.54, 1.807) is 0 Å². The summed E-state index contributed by atoms with van der Waals surface area (Å²) in [6.07, 6.45) is 3.15. The number of nitrogens with one attached hydrogen (secondary N) is 2. The fraction of sp³-hybridized carbons (Fsp3) is 0.562. The molecule has 0 radical (unpaired) electrons. The number of carbonyl (C=O) groups excluding carboxylic acids is 1. The molecule has 1 aromatic carbocycles. The number of nitrogens with zero attached hydrogens (tertiary/aromatic N) is 1. The minimum absolute atomic E-state index is 0.0324. The van der Waals surface area contributed by atoms with Gasteiger partial charge in [-0.05, 0) is 37.8 Å². The van der Waals surface area contributed by atoms with Gasteiger partial charge in [0.1, 0.15) is 0 Å². The predicted molar refractivity (Wildman–Crippen MR) is 81.0 cm³/mol. The van der Waals surface area contributed by atoms with Crippen LogP contribution in [-0.4, -0.2) is 37.6 Å². The lowest BCUT2D eigenvalue weighted by atomic mass is 10.0. The highest BCUT2D eigenvalue weighted by molar-refractivity contribution is 5.83. The van der Waals surface area contributed by atoms with Crippen molar-refractivity contribution in [3.05, 3.63) is 29.8 Å². The van der Waals surface area contributed by atoms with Gasteiger partial charge >= 0.3 is 0 Å². The second kappa shape index (κ2) is 5.83. The van der Waals surface area contributed by atoms with Crippen molar-refractivity contribution in [2.24, 2.45) is 0 Å². The fourth-order valence-electron chi connectivity index (χ4n) is 3.24. The molecule has 2 fully saturated rings. The summed E-state index contributed by atoms with van der Waals surface area (Å²) in [5.74, 6) is 0.173. The van der Waals surface area contributed by atoms with Crippen LogP contribution in [0.4, 0.5) is 5.69 Å². The maximum atomic E-state index is 11.6. The minimum Gasteiger partial charge on any atom is -0.371 e. The third kappa shape index (κ3) is 2.80. The molecule has 0 bridgehead atoms. The number of amides is 1. The summed E-state index contributed by atoms with van der Waals surface area (Å²) in [7, 11) is 0. The van der Waals surface area contributed by atoms with Gasteiger partial charge in [0.25, 0.3) is 0 Å². The molecule has 0 aliphatic carbocycles. The molecule has 2 saturated heterocycles. The molecule has 0 saturated carbocycles. The second-order valence-electron chi connectivity index (χ2n) is 5.85. The Morgan fingerprint density at radius 2 is 1.95 bits per heavy atom. The van der Waals surface area contributed by atoms with Gasteiger partial charge in [-0.3, -0.25) is 4.79 Å². The summed E-state index contributed by atoms with van der Waals surface area (Å²) in [5, 5.41) is 6.40. The third-order valence-electron chi connectivity index (χ3n) is 4.44. The predicted octanol–water partition coefficient (Wildman–Crippen LogP) is 1.44. The third-order valence-corrected chi connectivity index (χ3v) is 4.44. The van der Waals surface area contributed by atoms with Crippen molar-refractivity contribution in [2.75, 3.05) is 24.5 Å². The first-order valence-corrected chi connectivity index (χ1v) is 7.58. The van der Waals surface area contributed by atoms with Crippen LogP contribution in [0.2, 0.25) is 0 Å². The van der Waals surface area contributed by atoms with Crippen molar-refractivity contribution in [2.45, 2.75) is 38.3 Å². The van der Waals surface area contributed by atoms with Crippen LogP contribution in [0.15, 0.2) is 24.3 Å². The first-order chi connectivity index (χ1) is 9.74. The molecule has 4 nitrogen and oxygen atoms in total. The lowest BCUT2D eigenvalue weighted by molar-refractivity contribution is -0.121. The van der Waals surface area contributed by atoms with Crippen molar-refractivity contribution < 1.29 is 4.79 Å². The molecule has 1 atom stereocenters. The van der Waals surface area contributed by atoms with E-state index in [-0.39, 0.29) is 11.9 Å². The molecule has 3 rings (SSSR count). The highest BCUT2D eigenvalue weighted by Gasteiger charge is 2.28. The quantitative estimate of drug-likeness (QED) is 0.876. The molecular formula is C16H23N3O. The fourth-order valence-corrected chi connectivity index (χ4v) is 3.24. The second-order valence-corrected chi connectivity index (χ2v) is 5.85. The highest BCUT2D eigenvalue weighted by Crippen LogP contribution is 2.23. The average molecular weight is 273 g/mol.